The molecule has 2 heteroatoms. The third kappa shape index (κ3) is 1.76. The maximum absolute atomic E-state index is 9.42. The predicted molar refractivity (Wildman–Crippen MR) is 72.1 cm³/mol. The second-order valence-corrected chi connectivity index (χ2v) is 7.69. The van der Waals surface area contributed by atoms with Gasteiger partial charge in [-0.2, -0.15) is 0 Å². The van der Waals surface area contributed by atoms with Crippen LogP contribution >= 0.6 is 0 Å². The zero-order valence-corrected chi connectivity index (χ0v) is 12.1. The zero-order valence-electron chi connectivity index (χ0n) is 12.1. The van der Waals surface area contributed by atoms with Gasteiger partial charge >= 0.3 is 0 Å². The fourth-order valence-electron chi connectivity index (χ4n) is 5.47. The Morgan fingerprint density at radius 1 is 1.17 bits per heavy atom. The van der Waals surface area contributed by atoms with E-state index in [0.717, 1.165) is 30.1 Å². The SMILES string of the molecule is CCC(C)(C)C(OO)C1CC2CC1C1CCCC21. The summed E-state index contributed by atoms with van der Waals surface area (Å²) >= 11 is 0. The molecule has 0 aliphatic heterocycles. The summed E-state index contributed by atoms with van der Waals surface area (Å²) < 4.78 is 0. The minimum Gasteiger partial charge on any atom is -0.252 e. The van der Waals surface area contributed by atoms with E-state index < -0.39 is 0 Å². The van der Waals surface area contributed by atoms with Gasteiger partial charge in [-0.15, -0.1) is 0 Å². The molecule has 1 N–H and O–H groups in total. The molecule has 0 saturated heterocycles. The molecule has 0 aromatic heterocycles. The van der Waals surface area contributed by atoms with E-state index in [4.69, 9.17) is 4.89 Å². The van der Waals surface area contributed by atoms with Crippen LogP contribution in [0.25, 0.3) is 0 Å². The molecule has 18 heavy (non-hydrogen) atoms. The summed E-state index contributed by atoms with van der Waals surface area (Å²) in [5, 5.41) is 9.42. The third-order valence-corrected chi connectivity index (χ3v) is 6.66. The first-order chi connectivity index (χ1) is 8.58. The lowest BCUT2D eigenvalue weighted by Gasteiger charge is -2.41. The van der Waals surface area contributed by atoms with Crippen molar-refractivity contribution in [1.29, 1.82) is 0 Å². The number of rotatable bonds is 4. The minimum absolute atomic E-state index is 0.0408. The van der Waals surface area contributed by atoms with Crippen molar-refractivity contribution in [1.82, 2.24) is 0 Å². The highest BCUT2D eigenvalue weighted by atomic mass is 17.1. The van der Waals surface area contributed by atoms with Crippen LogP contribution in [0.3, 0.4) is 0 Å². The molecule has 0 aromatic carbocycles. The van der Waals surface area contributed by atoms with Gasteiger partial charge in [0.05, 0.1) is 0 Å². The summed E-state index contributed by atoms with van der Waals surface area (Å²) in [6, 6.07) is 0. The first kappa shape index (κ1) is 12.9. The lowest BCUT2D eigenvalue weighted by atomic mass is 9.67. The largest absolute Gasteiger partial charge is 0.252 e. The van der Waals surface area contributed by atoms with Gasteiger partial charge in [0.2, 0.25) is 0 Å². The van der Waals surface area contributed by atoms with Crippen LogP contribution in [0, 0.1) is 35.0 Å². The van der Waals surface area contributed by atoms with Crippen molar-refractivity contribution in [3.05, 3.63) is 0 Å². The molecular formula is C16H28O2. The van der Waals surface area contributed by atoms with Crippen LogP contribution in [0.1, 0.15) is 59.3 Å². The average molecular weight is 252 g/mol. The van der Waals surface area contributed by atoms with Crippen LogP contribution in [0.5, 0.6) is 0 Å². The Kier molecular flexibility index (Phi) is 3.22. The summed E-state index contributed by atoms with van der Waals surface area (Å²) in [5.41, 5.74) is 0.0952. The first-order valence-corrected chi connectivity index (χ1v) is 7.88. The van der Waals surface area contributed by atoms with Crippen LogP contribution in [0.4, 0.5) is 0 Å². The summed E-state index contributed by atoms with van der Waals surface area (Å²) in [6.07, 6.45) is 8.18. The topological polar surface area (TPSA) is 29.5 Å². The Bertz CT molecular complexity index is 312. The van der Waals surface area contributed by atoms with Crippen molar-refractivity contribution in [2.24, 2.45) is 35.0 Å². The van der Waals surface area contributed by atoms with Crippen molar-refractivity contribution in [2.45, 2.75) is 65.4 Å². The molecule has 3 rings (SSSR count). The highest BCUT2D eigenvalue weighted by Gasteiger charge is 2.57. The molecule has 104 valence electrons. The normalized spacial score (nSPS) is 44.3. The third-order valence-electron chi connectivity index (χ3n) is 6.66. The number of hydrogen-bond donors (Lipinski definition) is 1. The quantitative estimate of drug-likeness (QED) is 0.595. The monoisotopic (exact) mass is 252 g/mol. The maximum Gasteiger partial charge on any atom is 0.101 e. The van der Waals surface area contributed by atoms with Crippen molar-refractivity contribution in [2.75, 3.05) is 0 Å². The van der Waals surface area contributed by atoms with Crippen molar-refractivity contribution < 1.29 is 10.1 Å². The minimum atomic E-state index is 0.0408. The highest BCUT2D eigenvalue weighted by Crippen LogP contribution is 2.63. The summed E-state index contributed by atoms with van der Waals surface area (Å²) in [4.78, 5) is 4.99. The van der Waals surface area contributed by atoms with Gasteiger partial charge in [0.1, 0.15) is 6.10 Å². The van der Waals surface area contributed by atoms with E-state index >= 15 is 0 Å². The van der Waals surface area contributed by atoms with Gasteiger partial charge in [0.15, 0.2) is 0 Å². The Morgan fingerprint density at radius 2 is 1.89 bits per heavy atom. The summed E-state index contributed by atoms with van der Waals surface area (Å²) in [5.74, 6) is 4.37. The molecule has 0 aromatic rings. The van der Waals surface area contributed by atoms with Crippen molar-refractivity contribution in [3.8, 4) is 0 Å². The maximum atomic E-state index is 9.42. The van der Waals surface area contributed by atoms with E-state index in [0.29, 0.717) is 5.92 Å². The van der Waals surface area contributed by atoms with Gasteiger partial charge in [0, 0.05) is 0 Å². The van der Waals surface area contributed by atoms with E-state index in [1.165, 1.54) is 32.1 Å². The molecule has 0 radical (unpaired) electrons. The molecule has 3 aliphatic carbocycles. The Labute approximate surface area is 111 Å². The molecule has 0 heterocycles. The van der Waals surface area contributed by atoms with Crippen LogP contribution in [0.2, 0.25) is 0 Å². The van der Waals surface area contributed by atoms with E-state index in [-0.39, 0.29) is 11.5 Å². The second kappa shape index (κ2) is 4.49. The molecule has 2 bridgehead atoms. The van der Waals surface area contributed by atoms with Crippen LogP contribution < -0.4 is 0 Å². The first-order valence-electron chi connectivity index (χ1n) is 7.88. The molecule has 6 atom stereocenters. The van der Waals surface area contributed by atoms with Gasteiger partial charge in [-0.1, -0.05) is 27.2 Å². The zero-order chi connectivity index (χ0) is 12.9. The molecule has 0 amide bonds. The molecule has 3 aliphatic rings. The van der Waals surface area contributed by atoms with Gasteiger partial charge in [0.25, 0.3) is 0 Å². The van der Waals surface area contributed by atoms with Crippen molar-refractivity contribution in [3.63, 3.8) is 0 Å². The Morgan fingerprint density at radius 3 is 2.56 bits per heavy atom. The second-order valence-electron chi connectivity index (χ2n) is 7.69. The van der Waals surface area contributed by atoms with E-state index in [9.17, 15) is 5.26 Å². The van der Waals surface area contributed by atoms with Crippen LogP contribution in [0.15, 0.2) is 0 Å². The van der Waals surface area contributed by atoms with Gasteiger partial charge in [-0.05, 0) is 67.1 Å². The molecule has 3 fully saturated rings. The number of fused-ring (bicyclic) bond motifs is 5. The van der Waals surface area contributed by atoms with Crippen molar-refractivity contribution >= 4 is 0 Å². The van der Waals surface area contributed by atoms with E-state index in [1.807, 2.05) is 0 Å². The molecule has 0 spiro atoms. The van der Waals surface area contributed by atoms with Gasteiger partial charge in [-0.25, -0.2) is 4.89 Å². The molecule has 6 unspecified atom stereocenters. The fraction of sp³-hybridized carbons (Fsp3) is 1.00. The molecule has 3 saturated carbocycles. The smallest absolute Gasteiger partial charge is 0.101 e. The fourth-order valence-corrected chi connectivity index (χ4v) is 5.47. The summed E-state index contributed by atoms with van der Waals surface area (Å²) in [6.45, 7) is 6.69. The Hall–Kier alpha value is -0.0800. The van der Waals surface area contributed by atoms with Gasteiger partial charge < -0.3 is 0 Å². The lowest BCUT2D eigenvalue weighted by Crippen LogP contribution is -2.42. The Balaban J connectivity index is 1.78. The standard InChI is InChI=1S/C16H28O2/c1-4-16(2,3)15(18-17)14-9-10-8-13(14)12-7-5-6-11(10)12/h10-15,17H,4-9H2,1-3H3. The van der Waals surface area contributed by atoms with Gasteiger partial charge in [-0.3, -0.25) is 5.26 Å². The highest BCUT2D eigenvalue weighted by molar-refractivity contribution is 5.06. The van der Waals surface area contributed by atoms with Crippen LogP contribution in [-0.2, 0) is 4.89 Å². The molecule has 2 nitrogen and oxygen atoms in total. The molecular weight excluding hydrogens is 224 g/mol. The van der Waals surface area contributed by atoms with E-state index in [1.54, 1.807) is 0 Å². The lowest BCUT2D eigenvalue weighted by molar-refractivity contribution is -0.318. The summed E-state index contributed by atoms with van der Waals surface area (Å²) in [7, 11) is 0. The van der Waals surface area contributed by atoms with Crippen LogP contribution in [-0.4, -0.2) is 11.4 Å². The number of hydrogen-bond acceptors (Lipinski definition) is 2. The van der Waals surface area contributed by atoms with E-state index in [2.05, 4.69) is 20.8 Å². The predicted octanol–water partition coefficient (Wildman–Crippen LogP) is 4.35. The average Bonchev–Trinajstić information content (AvgIpc) is 3.01.